The van der Waals surface area contributed by atoms with Crippen molar-refractivity contribution in [3.63, 3.8) is 0 Å². The number of carbonyl (C=O) groups excluding carboxylic acids is 1. The van der Waals surface area contributed by atoms with E-state index in [1.54, 1.807) is 0 Å². The van der Waals surface area contributed by atoms with Gasteiger partial charge in [0.25, 0.3) is 0 Å². The number of methoxy groups -OCH3 is 1. The van der Waals surface area contributed by atoms with Gasteiger partial charge in [0.15, 0.2) is 0 Å². The molecule has 110 valence electrons. The number of likely N-dealkylation sites (tertiary alicyclic amines) is 1. The fourth-order valence-electron chi connectivity index (χ4n) is 2.16. The lowest BCUT2D eigenvalue weighted by molar-refractivity contribution is -0.139. The molecule has 1 fully saturated rings. The standard InChI is InChI=1S/C12H23N3O4/c1-15-6-3-4-9(8-15)13-12(18)14-10(11(16)17)5-7-19-2/h9-10H,3-8H2,1-2H3,(H,16,17)(H2,13,14,18). The highest BCUT2D eigenvalue weighted by Crippen LogP contribution is 2.07. The molecular weight excluding hydrogens is 250 g/mol. The highest BCUT2D eigenvalue weighted by atomic mass is 16.5. The molecule has 0 aromatic carbocycles. The van der Waals surface area contributed by atoms with Gasteiger partial charge in [-0.05, 0) is 26.4 Å². The number of carbonyl (C=O) groups is 2. The van der Waals surface area contributed by atoms with Gasteiger partial charge < -0.3 is 25.4 Å². The Morgan fingerprint density at radius 2 is 2.26 bits per heavy atom. The van der Waals surface area contributed by atoms with Crippen LogP contribution in [0.2, 0.25) is 0 Å². The van der Waals surface area contributed by atoms with Crippen LogP contribution in [0.1, 0.15) is 19.3 Å². The van der Waals surface area contributed by atoms with E-state index >= 15 is 0 Å². The maximum absolute atomic E-state index is 11.8. The number of carboxylic acids is 1. The van der Waals surface area contributed by atoms with Gasteiger partial charge in [-0.15, -0.1) is 0 Å². The topological polar surface area (TPSA) is 90.9 Å². The predicted molar refractivity (Wildman–Crippen MR) is 70.1 cm³/mol. The molecule has 1 aliphatic heterocycles. The van der Waals surface area contributed by atoms with Crippen LogP contribution < -0.4 is 10.6 Å². The Bertz CT molecular complexity index is 311. The molecule has 0 radical (unpaired) electrons. The SMILES string of the molecule is COCCC(NC(=O)NC1CCCN(C)C1)C(=O)O. The number of piperidine rings is 1. The zero-order valence-electron chi connectivity index (χ0n) is 11.5. The quantitative estimate of drug-likeness (QED) is 0.627. The molecule has 3 N–H and O–H groups in total. The molecule has 0 spiro atoms. The molecule has 0 aromatic heterocycles. The summed E-state index contributed by atoms with van der Waals surface area (Å²) in [6.07, 6.45) is 2.21. The highest BCUT2D eigenvalue weighted by Gasteiger charge is 2.23. The lowest BCUT2D eigenvalue weighted by Crippen LogP contribution is -2.53. The molecule has 2 atom stereocenters. The summed E-state index contributed by atoms with van der Waals surface area (Å²) in [5.74, 6) is -1.05. The summed E-state index contributed by atoms with van der Waals surface area (Å²) in [6, 6.07) is -1.26. The van der Waals surface area contributed by atoms with E-state index in [-0.39, 0.29) is 12.5 Å². The minimum atomic E-state index is -1.05. The molecule has 7 nitrogen and oxygen atoms in total. The van der Waals surface area contributed by atoms with Crippen molar-refractivity contribution in [2.75, 3.05) is 33.9 Å². The molecule has 2 unspecified atom stereocenters. The Morgan fingerprint density at radius 1 is 1.53 bits per heavy atom. The van der Waals surface area contributed by atoms with Crippen LogP contribution in [0.4, 0.5) is 4.79 Å². The van der Waals surface area contributed by atoms with Crippen molar-refractivity contribution >= 4 is 12.0 Å². The van der Waals surface area contributed by atoms with Crippen molar-refractivity contribution in [1.82, 2.24) is 15.5 Å². The van der Waals surface area contributed by atoms with Crippen LogP contribution in [0.3, 0.4) is 0 Å². The molecule has 0 aromatic rings. The first-order chi connectivity index (χ1) is 9.02. The van der Waals surface area contributed by atoms with Crippen molar-refractivity contribution in [1.29, 1.82) is 0 Å². The lowest BCUT2D eigenvalue weighted by Gasteiger charge is -2.30. The van der Waals surface area contributed by atoms with Gasteiger partial charge in [0.2, 0.25) is 0 Å². The van der Waals surface area contributed by atoms with Gasteiger partial charge in [0, 0.05) is 32.7 Å². The van der Waals surface area contributed by atoms with Crippen LogP contribution in [0.15, 0.2) is 0 Å². The van der Waals surface area contributed by atoms with Crippen molar-refractivity contribution in [2.24, 2.45) is 0 Å². The number of carboxylic acid groups (broad SMARTS) is 1. The number of nitrogens with zero attached hydrogens (tertiary/aromatic N) is 1. The number of ether oxygens (including phenoxy) is 1. The zero-order chi connectivity index (χ0) is 14.3. The summed E-state index contributed by atoms with van der Waals surface area (Å²) in [4.78, 5) is 24.9. The smallest absolute Gasteiger partial charge is 0.326 e. The second-order valence-corrected chi connectivity index (χ2v) is 4.89. The summed E-state index contributed by atoms with van der Waals surface area (Å²) < 4.78 is 4.83. The predicted octanol–water partition coefficient (Wildman–Crippen LogP) is -0.130. The molecular formula is C12H23N3O4. The normalized spacial score (nSPS) is 21.7. The number of hydrogen-bond donors (Lipinski definition) is 3. The van der Waals surface area contributed by atoms with E-state index in [0.717, 1.165) is 25.9 Å². The number of rotatable bonds is 6. The van der Waals surface area contributed by atoms with Gasteiger partial charge in [-0.1, -0.05) is 0 Å². The maximum atomic E-state index is 11.8. The second kappa shape index (κ2) is 7.96. The van der Waals surface area contributed by atoms with Gasteiger partial charge in [0.05, 0.1) is 0 Å². The molecule has 1 aliphatic rings. The minimum absolute atomic E-state index is 0.0793. The van der Waals surface area contributed by atoms with Crippen LogP contribution >= 0.6 is 0 Å². The van der Waals surface area contributed by atoms with Gasteiger partial charge in [-0.2, -0.15) is 0 Å². The van der Waals surface area contributed by atoms with Gasteiger partial charge >= 0.3 is 12.0 Å². The summed E-state index contributed by atoms with van der Waals surface area (Å²) in [7, 11) is 3.50. The molecule has 0 saturated carbocycles. The fraction of sp³-hybridized carbons (Fsp3) is 0.833. The molecule has 1 heterocycles. The lowest BCUT2D eigenvalue weighted by atomic mass is 10.1. The van der Waals surface area contributed by atoms with Gasteiger partial charge in [-0.3, -0.25) is 0 Å². The number of nitrogens with one attached hydrogen (secondary N) is 2. The Labute approximate surface area is 113 Å². The monoisotopic (exact) mass is 273 g/mol. The fourth-order valence-corrected chi connectivity index (χ4v) is 2.16. The third-order valence-electron chi connectivity index (χ3n) is 3.17. The van der Waals surface area contributed by atoms with Crippen molar-refractivity contribution in [2.45, 2.75) is 31.3 Å². The summed E-state index contributed by atoms with van der Waals surface area (Å²) in [5.41, 5.74) is 0. The molecule has 1 saturated heterocycles. The number of aliphatic carboxylic acids is 1. The van der Waals surface area contributed by atoms with Crippen molar-refractivity contribution < 1.29 is 19.4 Å². The largest absolute Gasteiger partial charge is 0.480 e. The van der Waals surface area contributed by atoms with Gasteiger partial charge in [0.1, 0.15) is 6.04 Å². The zero-order valence-corrected chi connectivity index (χ0v) is 11.5. The molecule has 0 bridgehead atoms. The Balaban J connectivity index is 2.37. The van der Waals surface area contributed by atoms with Crippen molar-refractivity contribution in [3.8, 4) is 0 Å². The molecule has 2 amide bonds. The number of amides is 2. The van der Waals surface area contributed by atoms with E-state index in [4.69, 9.17) is 9.84 Å². The van der Waals surface area contributed by atoms with Crippen LogP contribution in [0, 0.1) is 0 Å². The summed E-state index contributed by atoms with van der Waals surface area (Å²) >= 11 is 0. The number of likely N-dealkylation sites (N-methyl/N-ethyl adjacent to an activating group) is 1. The third kappa shape index (κ3) is 5.89. The van der Waals surface area contributed by atoms with E-state index in [9.17, 15) is 9.59 Å². The first kappa shape index (κ1) is 15.7. The second-order valence-electron chi connectivity index (χ2n) is 4.89. The van der Waals surface area contributed by atoms with Gasteiger partial charge in [-0.25, -0.2) is 9.59 Å². The van der Waals surface area contributed by atoms with Crippen LogP contribution in [0.5, 0.6) is 0 Å². The average molecular weight is 273 g/mol. The number of hydrogen-bond acceptors (Lipinski definition) is 4. The molecule has 7 heteroatoms. The van der Waals surface area contributed by atoms with Crippen molar-refractivity contribution in [3.05, 3.63) is 0 Å². The first-order valence-electron chi connectivity index (χ1n) is 6.50. The molecule has 0 aliphatic carbocycles. The van der Waals surface area contributed by atoms with E-state index in [1.807, 2.05) is 7.05 Å². The van der Waals surface area contributed by atoms with E-state index in [0.29, 0.717) is 6.61 Å². The Morgan fingerprint density at radius 3 is 2.84 bits per heavy atom. The van der Waals surface area contributed by atoms with Crippen LogP contribution in [0.25, 0.3) is 0 Å². The van der Waals surface area contributed by atoms with E-state index < -0.39 is 18.0 Å². The van der Waals surface area contributed by atoms with E-state index in [2.05, 4.69) is 15.5 Å². The van der Waals surface area contributed by atoms with Crippen LogP contribution in [-0.4, -0.2) is 67.9 Å². The number of urea groups is 1. The Hall–Kier alpha value is -1.34. The molecule has 1 rings (SSSR count). The highest BCUT2D eigenvalue weighted by molar-refractivity contribution is 5.82. The summed E-state index contributed by atoms with van der Waals surface area (Å²) in [6.45, 7) is 2.12. The minimum Gasteiger partial charge on any atom is -0.480 e. The average Bonchev–Trinajstić information content (AvgIpc) is 2.34. The maximum Gasteiger partial charge on any atom is 0.326 e. The summed E-state index contributed by atoms with van der Waals surface area (Å²) in [5, 5.41) is 14.3. The van der Waals surface area contributed by atoms with E-state index in [1.165, 1.54) is 7.11 Å². The Kier molecular flexibility index (Phi) is 6.58. The molecule has 19 heavy (non-hydrogen) atoms. The first-order valence-corrected chi connectivity index (χ1v) is 6.50. The van der Waals surface area contributed by atoms with Crippen LogP contribution in [-0.2, 0) is 9.53 Å². The third-order valence-corrected chi connectivity index (χ3v) is 3.17.